The van der Waals surface area contributed by atoms with Gasteiger partial charge in [0.2, 0.25) is 5.91 Å². The third-order valence-corrected chi connectivity index (χ3v) is 4.07. The Labute approximate surface area is 128 Å². The van der Waals surface area contributed by atoms with E-state index in [1.54, 1.807) is 0 Å². The summed E-state index contributed by atoms with van der Waals surface area (Å²) in [5.74, 6) is 3.65. The van der Waals surface area contributed by atoms with Gasteiger partial charge in [0, 0.05) is 43.6 Å². The van der Waals surface area contributed by atoms with Crippen molar-refractivity contribution in [3.8, 4) is 0 Å². The molecule has 0 aromatic heterocycles. The SMILES string of the molecule is CC(C)CN(CC(C)C)C(=O)CC1CSCCN1.Cl. The summed E-state index contributed by atoms with van der Waals surface area (Å²) in [5.41, 5.74) is 0. The molecule has 0 aromatic rings. The van der Waals surface area contributed by atoms with Crippen LogP contribution in [0.3, 0.4) is 0 Å². The van der Waals surface area contributed by atoms with Crippen molar-refractivity contribution in [3.05, 3.63) is 0 Å². The normalized spacial score (nSPS) is 19.4. The lowest BCUT2D eigenvalue weighted by atomic mass is 10.1. The summed E-state index contributed by atoms with van der Waals surface area (Å²) in [4.78, 5) is 14.4. The average molecular weight is 309 g/mol. The number of halogens is 1. The largest absolute Gasteiger partial charge is 0.342 e. The molecule has 1 fully saturated rings. The fourth-order valence-electron chi connectivity index (χ4n) is 2.25. The van der Waals surface area contributed by atoms with Crippen LogP contribution in [0.5, 0.6) is 0 Å². The lowest BCUT2D eigenvalue weighted by Crippen LogP contribution is -2.44. The summed E-state index contributed by atoms with van der Waals surface area (Å²) in [5, 5.41) is 3.44. The summed E-state index contributed by atoms with van der Waals surface area (Å²) < 4.78 is 0. The number of carbonyl (C=O) groups is 1. The standard InChI is InChI=1S/C14H28N2OS.ClH/c1-11(2)8-16(9-12(3)4)14(17)7-13-10-18-6-5-15-13;/h11-13,15H,5-10H2,1-4H3;1H. The van der Waals surface area contributed by atoms with E-state index in [1.807, 2.05) is 11.8 Å². The molecule has 114 valence electrons. The second kappa shape index (κ2) is 9.89. The monoisotopic (exact) mass is 308 g/mol. The molecule has 1 aliphatic rings. The van der Waals surface area contributed by atoms with Crippen LogP contribution < -0.4 is 5.32 Å². The zero-order valence-corrected chi connectivity index (χ0v) is 14.3. The van der Waals surface area contributed by atoms with Crippen LogP contribution in [0.25, 0.3) is 0 Å². The fraction of sp³-hybridized carbons (Fsp3) is 0.929. The van der Waals surface area contributed by atoms with Gasteiger partial charge in [0.05, 0.1) is 0 Å². The molecule has 0 bridgehead atoms. The lowest BCUT2D eigenvalue weighted by molar-refractivity contribution is -0.132. The first-order valence-corrected chi connectivity index (χ1v) is 8.23. The molecule has 5 heteroatoms. The lowest BCUT2D eigenvalue weighted by Gasteiger charge is -2.29. The highest BCUT2D eigenvalue weighted by atomic mass is 35.5. The minimum absolute atomic E-state index is 0. The quantitative estimate of drug-likeness (QED) is 0.819. The van der Waals surface area contributed by atoms with Crippen LogP contribution in [-0.2, 0) is 4.79 Å². The number of rotatable bonds is 6. The van der Waals surface area contributed by atoms with E-state index in [1.165, 1.54) is 5.75 Å². The molecule has 1 saturated heterocycles. The Kier molecular flexibility index (Phi) is 9.93. The van der Waals surface area contributed by atoms with Crippen LogP contribution in [0.15, 0.2) is 0 Å². The number of nitrogens with zero attached hydrogens (tertiary/aromatic N) is 1. The van der Waals surface area contributed by atoms with Crippen LogP contribution >= 0.6 is 24.2 Å². The van der Waals surface area contributed by atoms with Crippen molar-refractivity contribution >= 4 is 30.1 Å². The molecule has 1 atom stereocenters. The molecular weight excluding hydrogens is 280 g/mol. The number of amides is 1. The molecule has 0 aliphatic carbocycles. The Balaban J connectivity index is 0.00000324. The summed E-state index contributed by atoms with van der Waals surface area (Å²) in [6, 6.07) is 0.373. The number of nitrogens with one attached hydrogen (secondary N) is 1. The van der Waals surface area contributed by atoms with Gasteiger partial charge in [0.25, 0.3) is 0 Å². The van der Waals surface area contributed by atoms with Gasteiger partial charge in [0.1, 0.15) is 0 Å². The summed E-state index contributed by atoms with van der Waals surface area (Å²) in [7, 11) is 0. The summed E-state index contributed by atoms with van der Waals surface area (Å²) >= 11 is 1.95. The maximum Gasteiger partial charge on any atom is 0.224 e. The highest BCUT2D eigenvalue weighted by Crippen LogP contribution is 2.13. The van der Waals surface area contributed by atoms with Crippen LogP contribution in [0.2, 0.25) is 0 Å². The Bertz CT molecular complexity index is 246. The molecule has 3 nitrogen and oxygen atoms in total. The smallest absolute Gasteiger partial charge is 0.224 e. The van der Waals surface area contributed by atoms with E-state index in [0.29, 0.717) is 30.2 Å². The first kappa shape index (κ1) is 19.1. The number of carbonyl (C=O) groups excluding carboxylic acids is 1. The van der Waals surface area contributed by atoms with Gasteiger partial charge in [-0.3, -0.25) is 4.79 Å². The van der Waals surface area contributed by atoms with Gasteiger partial charge in [-0.05, 0) is 11.8 Å². The third kappa shape index (κ3) is 8.05. The molecule has 19 heavy (non-hydrogen) atoms. The van der Waals surface area contributed by atoms with E-state index in [-0.39, 0.29) is 12.4 Å². The molecule has 1 amide bonds. The van der Waals surface area contributed by atoms with Gasteiger partial charge in [-0.25, -0.2) is 0 Å². The average Bonchev–Trinajstić information content (AvgIpc) is 2.28. The number of hydrogen-bond acceptors (Lipinski definition) is 3. The predicted molar refractivity (Wildman–Crippen MR) is 87.2 cm³/mol. The van der Waals surface area contributed by atoms with Crippen LogP contribution in [0.4, 0.5) is 0 Å². The zero-order chi connectivity index (χ0) is 13.5. The molecule has 0 radical (unpaired) electrons. The molecule has 1 N–H and O–H groups in total. The molecule has 1 heterocycles. The fourth-order valence-corrected chi connectivity index (χ4v) is 3.20. The van der Waals surface area contributed by atoms with Crippen LogP contribution in [-0.4, -0.2) is 48.0 Å². The zero-order valence-electron chi connectivity index (χ0n) is 12.6. The predicted octanol–water partition coefficient (Wildman–Crippen LogP) is 2.64. The van der Waals surface area contributed by atoms with E-state index >= 15 is 0 Å². The minimum Gasteiger partial charge on any atom is -0.342 e. The molecule has 1 aliphatic heterocycles. The molecule has 0 saturated carbocycles. The van der Waals surface area contributed by atoms with E-state index in [2.05, 4.69) is 37.9 Å². The first-order chi connectivity index (χ1) is 8.49. The second-order valence-corrected chi connectivity index (χ2v) is 7.17. The van der Waals surface area contributed by atoms with Gasteiger partial charge < -0.3 is 10.2 Å². The maximum atomic E-state index is 12.4. The maximum absolute atomic E-state index is 12.4. The topological polar surface area (TPSA) is 32.3 Å². The van der Waals surface area contributed by atoms with Gasteiger partial charge in [-0.1, -0.05) is 27.7 Å². The molecule has 0 spiro atoms. The van der Waals surface area contributed by atoms with Crippen molar-refractivity contribution in [1.29, 1.82) is 0 Å². The highest BCUT2D eigenvalue weighted by molar-refractivity contribution is 7.99. The van der Waals surface area contributed by atoms with Crippen molar-refractivity contribution in [1.82, 2.24) is 10.2 Å². The van der Waals surface area contributed by atoms with E-state index in [4.69, 9.17) is 0 Å². The van der Waals surface area contributed by atoms with Crippen molar-refractivity contribution in [2.45, 2.75) is 40.2 Å². The Hall–Kier alpha value is 0.0700. The van der Waals surface area contributed by atoms with Crippen molar-refractivity contribution in [3.63, 3.8) is 0 Å². The van der Waals surface area contributed by atoms with Crippen LogP contribution in [0, 0.1) is 11.8 Å². The number of thioether (sulfide) groups is 1. The highest BCUT2D eigenvalue weighted by Gasteiger charge is 2.21. The van der Waals surface area contributed by atoms with Gasteiger partial charge >= 0.3 is 0 Å². The van der Waals surface area contributed by atoms with Crippen molar-refractivity contribution < 1.29 is 4.79 Å². The second-order valence-electron chi connectivity index (χ2n) is 6.02. The van der Waals surface area contributed by atoms with E-state index in [0.717, 1.165) is 25.4 Å². The Morgan fingerprint density at radius 1 is 1.26 bits per heavy atom. The third-order valence-electron chi connectivity index (χ3n) is 2.94. The van der Waals surface area contributed by atoms with E-state index in [9.17, 15) is 4.79 Å². The van der Waals surface area contributed by atoms with Crippen molar-refractivity contribution in [2.75, 3.05) is 31.1 Å². The Morgan fingerprint density at radius 3 is 2.26 bits per heavy atom. The minimum atomic E-state index is 0. The summed E-state index contributed by atoms with van der Waals surface area (Å²) in [6.45, 7) is 11.5. The Morgan fingerprint density at radius 2 is 1.84 bits per heavy atom. The van der Waals surface area contributed by atoms with Gasteiger partial charge in [0.15, 0.2) is 0 Å². The first-order valence-electron chi connectivity index (χ1n) is 7.08. The van der Waals surface area contributed by atoms with Crippen molar-refractivity contribution in [2.24, 2.45) is 11.8 Å². The molecule has 0 aromatic carbocycles. The van der Waals surface area contributed by atoms with Gasteiger partial charge in [-0.2, -0.15) is 11.8 Å². The molecule has 1 unspecified atom stereocenters. The number of hydrogen-bond donors (Lipinski definition) is 1. The molecular formula is C14H29ClN2OS. The molecule has 1 rings (SSSR count). The van der Waals surface area contributed by atoms with Crippen LogP contribution in [0.1, 0.15) is 34.1 Å². The van der Waals surface area contributed by atoms with Gasteiger partial charge in [-0.15, -0.1) is 12.4 Å². The van der Waals surface area contributed by atoms with E-state index < -0.39 is 0 Å². The summed E-state index contributed by atoms with van der Waals surface area (Å²) in [6.07, 6.45) is 0.659.